The van der Waals surface area contributed by atoms with Crippen molar-refractivity contribution < 1.29 is 17.9 Å². The van der Waals surface area contributed by atoms with Crippen LogP contribution >= 0.6 is 11.3 Å². The van der Waals surface area contributed by atoms with E-state index >= 15 is 0 Å². The van der Waals surface area contributed by atoms with Gasteiger partial charge in [0.1, 0.15) is 12.4 Å². The van der Waals surface area contributed by atoms with Crippen molar-refractivity contribution in [1.82, 2.24) is 14.6 Å². The molecule has 31 heavy (non-hydrogen) atoms. The third-order valence-electron chi connectivity index (χ3n) is 5.03. The number of hydrogen-bond donors (Lipinski definition) is 1. The molecule has 3 rings (SSSR count). The third-order valence-corrected chi connectivity index (χ3v) is 7.93. The van der Waals surface area contributed by atoms with Crippen LogP contribution in [-0.2, 0) is 21.4 Å². The lowest BCUT2D eigenvalue weighted by molar-refractivity contribution is -0.117. The first-order chi connectivity index (χ1) is 14.9. The lowest BCUT2D eigenvalue weighted by Gasteiger charge is -2.31. The number of ether oxygens (including phenoxy) is 1. The summed E-state index contributed by atoms with van der Waals surface area (Å²) >= 11 is 1.58. The van der Waals surface area contributed by atoms with Crippen LogP contribution in [0, 0.1) is 6.92 Å². The molecule has 1 aliphatic heterocycles. The van der Waals surface area contributed by atoms with Gasteiger partial charge in [-0.3, -0.25) is 4.79 Å². The van der Waals surface area contributed by atoms with Crippen molar-refractivity contribution in [2.24, 2.45) is 0 Å². The fraction of sp³-hybridized carbons (Fsp3) is 0.455. The zero-order valence-corrected chi connectivity index (χ0v) is 19.5. The molecule has 0 saturated carbocycles. The molecule has 0 atom stereocenters. The average Bonchev–Trinajstić information content (AvgIpc) is 3.17. The summed E-state index contributed by atoms with van der Waals surface area (Å²) in [6.07, 6.45) is 5.08. The molecule has 1 aromatic heterocycles. The van der Waals surface area contributed by atoms with E-state index in [1.807, 2.05) is 43.5 Å². The van der Waals surface area contributed by atoms with E-state index in [1.165, 1.54) is 10.4 Å². The minimum absolute atomic E-state index is 0.0235. The van der Waals surface area contributed by atoms with Gasteiger partial charge in [-0.25, -0.2) is 17.7 Å². The summed E-state index contributed by atoms with van der Waals surface area (Å²) < 4.78 is 31.7. The summed E-state index contributed by atoms with van der Waals surface area (Å²) in [5.41, 5.74) is 1.69. The summed E-state index contributed by atoms with van der Waals surface area (Å²) in [6, 6.07) is 7.51. The highest BCUT2D eigenvalue weighted by atomic mass is 32.2. The second-order valence-corrected chi connectivity index (χ2v) is 10.7. The molecule has 2 aromatic rings. The number of sulfonamides is 1. The first-order valence-corrected chi connectivity index (χ1v) is 13.0. The number of piperidine rings is 1. The van der Waals surface area contributed by atoms with Crippen molar-refractivity contribution in [3.8, 4) is 5.75 Å². The summed E-state index contributed by atoms with van der Waals surface area (Å²) in [5, 5.41) is 5.95. The number of para-hydroxylation sites is 1. The minimum atomic E-state index is -3.17. The number of nitrogens with zero attached hydrogens (tertiary/aromatic N) is 2. The summed E-state index contributed by atoms with van der Waals surface area (Å²) in [7, 11) is -3.17. The molecule has 0 radical (unpaired) electrons. The van der Waals surface area contributed by atoms with Gasteiger partial charge in [-0.2, -0.15) is 0 Å². The molecule has 1 aromatic carbocycles. The van der Waals surface area contributed by atoms with E-state index in [0.717, 1.165) is 16.3 Å². The fourth-order valence-corrected chi connectivity index (χ4v) is 5.59. The van der Waals surface area contributed by atoms with Crippen LogP contribution in [0.5, 0.6) is 5.75 Å². The maximum Gasteiger partial charge on any atom is 0.244 e. The van der Waals surface area contributed by atoms with Crippen molar-refractivity contribution >= 4 is 33.3 Å². The number of aromatic nitrogens is 1. The molecule has 1 N–H and O–H groups in total. The molecule has 1 amide bonds. The summed E-state index contributed by atoms with van der Waals surface area (Å²) in [5.74, 6) is 0.669. The highest BCUT2D eigenvalue weighted by Gasteiger charge is 2.27. The van der Waals surface area contributed by atoms with Gasteiger partial charge in [0.05, 0.1) is 16.5 Å². The molecule has 2 heterocycles. The Balaban J connectivity index is 1.51. The Hall–Kier alpha value is -2.23. The fourth-order valence-electron chi connectivity index (χ4n) is 3.46. The Kier molecular flexibility index (Phi) is 8.22. The van der Waals surface area contributed by atoms with Crippen molar-refractivity contribution in [2.45, 2.75) is 45.8 Å². The molecular formula is C22H29N3O4S2. The van der Waals surface area contributed by atoms with Crippen LogP contribution in [0.1, 0.15) is 42.5 Å². The highest BCUT2D eigenvalue weighted by Crippen LogP contribution is 2.21. The maximum atomic E-state index is 12.4. The number of rotatable bonds is 9. The Labute approximate surface area is 188 Å². The molecule has 0 spiro atoms. The molecule has 1 aliphatic rings. The number of benzene rings is 1. The van der Waals surface area contributed by atoms with E-state index in [1.54, 1.807) is 17.4 Å². The molecule has 7 nitrogen and oxygen atoms in total. The van der Waals surface area contributed by atoms with E-state index in [9.17, 15) is 13.2 Å². The number of carbonyl (C=O) groups excluding carboxylic acids is 1. The SMILES string of the molecule is CCCS(=O)(=O)N1CCC(NC(=O)/C=C/c2ccccc2OCc2csc(C)n2)CC1. The van der Waals surface area contributed by atoms with Crippen LogP contribution in [-0.4, -0.2) is 48.5 Å². The number of carbonyl (C=O) groups is 1. The number of hydrogen-bond acceptors (Lipinski definition) is 6. The van der Waals surface area contributed by atoms with Crippen molar-refractivity contribution in [1.29, 1.82) is 0 Å². The van der Waals surface area contributed by atoms with Crippen LogP contribution in [0.25, 0.3) is 6.08 Å². The molecule has 1 fully saturated rings. The summed E-state index contributed by atoms with van der Waals surface area (Å²) in [4.78, 5) is 16.8. The van der Waals surface area contributed by atoms with Gasteiger partial charge in [0.2, 0.25) is 15.9 Å². The van der Waals surface area contributed by atoms with Gasteiger partial charge in [-0.05, 0) is 38.3 Å². The van der Waals surface area contributed by atoms with Crippen molar-refractivity contribution in [3.63, 3.8) is 0 Å². The van der Waals surface area contributed by atoms with Gasteiger partial charge < -0.3 is 10.1 Å². The maximum absolute atomic E-state index is 12.4. The average molecular weight is 464 g/mol. The quantitative estimate of drug-likeness (QED) is 0.576. The van der Waals surface area contributed by atoms with Crippen molar-refractivity contribution in [3.05, 3.63) is 52.0 Å². The lowest BCUT2D eigenvalue weighted by Crippen LogP contribution is -2.46. The van der Waals surface area contributed by atoms with Gasteiger partial charge in [-0.1, -0.05) is 25.1 Å². The van der Waals surface area contributed by atoms with Crippen LogP contribution < -0.4 is 10.1 Å². The lowest BCUT2D eigenvalue weighted by atomic mass is 10.1. The van der Waals surface area contributed by atoms with E-state index in [4.69, 9.17) is 4.74 Å². The Morgan fingerprint density at radius 3 is 2.74 bits per heavy atom. The van der Waals surface area contributed by atoms with E-state index in [-0.39, 0.29) is 17.7 Å². The first-order valence-electron chi connectivity index (χ1n) is 10.5. The van der Waals surface area contributed by atoms with Gasteiger partial charge in [0.15, 0.2) is 0 Å². The summed E-state index contributed by atoms with van der Waals surface area (Å²) in [6.45, 7) is 5.09. The molecule has 0 bridgehead atoms. The van der Waals surface area contributed by atoms with Crippen LogP contribution in [0.4, 0.5) is 0 Å². The third kappa shape index (κ3) is 6.88. The van der Waals surface area contributed by atoms with Crippen LogP contribution in [0.15, 0.2) is 35.7 Å². The zero-order valence-electron chi connectivity index (χ0n) is 17.9. The second kappa shape index (κ2) is 10.9. The van der Waals surface area contributed by atoms with Crippen molar-refractivity contribution in [2.75, 3.05) is 18.8 Å². The Bertz CT molecular complexity index is 1010. The predicted octanol–water partition coefficient (Wildman–Crippen LogP) is 3.36. The smallest absolute Gasteiger partial charge is 0.244 e. The molecule has 0 aliphatic carbocycles. The first kappa shape index (κ1) is 23.4. The largest absolute Gasteiger partial charge is 0.487 e. The second-order valence-electron chi connectivity index (χ2n) is 7.52. The number of thiazole rings is 1. The predicted molar refractivity (Wildman–Crippen MR) is 123 cm³/mol. The molecule has 168 valence electrons. The number of aryl methyl sites for hydroxylation is 1. The highest BCUT2D eigenvalue weighted by molar-refractivity contribution is 7.89. The molecule has 1 saturated heterocycles. The van der Waals surface area contributed by atoms with Gasteiger partial charge >= 0.3 is 0 Å². The van der Waals surface area contributed by atoms with Gasteiger partial charge in [-0.15, -0.1) is 11.3 Å². The standard InChI is InChI=1S/C22H29N3O4S2/c1-3-14-31(27,28)25-12-10-19(11-13-25)24-22(26)9-8-18-6-4-5-7-21(18)29-15-20-16-30-17(2)23-20/h4-9,16,19H,3,10-15H2,1-2H3,(H,24,26)/b9-8+. The Morgan fingerprint density at radius 2 is 2.06 bits per heavy atom. The topological polar surface area (TPSA) is 88.6 Å². The zero-order chi connectivity index (χ0) is 22.3. The normalized spacial score (nSPS) is 15.9. The number of amides is 1. The van der Waals surface area contributed by atoms with E-state index in [2.05, 4.69) is 10.3 Å². The van der Waals surface area contributed by atoms with E-state index < -0.39 is 10.0 Å². The van der Waals surface area contributed by atoms with Gasteiger partial charge in [0.25, 0.3) is 0 Å². The number of nitrogens with one attached hydrogen (secondary N) is 1. The van der Waals surface area contributed by atoms with E-state index in [0.29, 0.717) is 44.7 Å². The van der Waals surface area contributed by atoms with Crippen LogP contribution in [0.3, 0.4) is 0 Å². The molecule has 9 heteroatoms. The Morgan fingerprint density at radius 1 is 1.32 bits per heavy atom. The molecule has 0 unspecified atom stereocenters. The minimum Gasteiger partial charge on any atom is -0.487 e. The monoisotopic (exact) mass is 463 g/mol. The van der Waals surface area contributed by atoms with Crippen LogP contribution in [0.2, 0.25) is 0 Å². The van der Waals surface area contributed by atoms with Gasteiger partial charge in [0, 0.05) is 36.2 Å². The molecular weight excluding hydrogens is 434 g/mol.